The molecule has 0 unspecified atom stereocenters. The second-order valence-corrected chi connectivity index (χ2v) is 8.57. The van der Waals surface area contributed by atoms with E-state index >= 15 is 0 Å². The van der Waals surface area contributed by atoms with Gasteiger partial charge in [0.25, 0.3) is 20.2 Å². The lowest BCUT2D eigenvalue weighted by atomic mass is 9.98. The Morgan fingerprint density at radius 3 is 1.87 bits per heavy atom. The van der Waals surface area contributed by atoms with Gasteiger partial charge in [-0.2, -0.15) is 16.8 Å². The van der Waals surface area contributed by atoms with E-state index in [2.05, 4.69) is 0 Å². The summed E-state index contributed by atoms with van der Waals surface area (Å²) >= 11 is 0. The first kappa shape index (κ1) is 17.9. The Morgan fingerprint density at radius 2 is 1.35 bits per heavy atom. The van der Waals surface area contributed by atoms with Gasteiger partial charge in [-0.1, -0.05) is 42.5 Å². The summed E-state index contributed by atoms with van der Waals surface area (Å²) in [6.07, 6.45) is 1.89. The zero-order valence-electron chi connectivity index (χ0n) is 12.8. The van der Waals surface area contributed by atoms with Gasteiger partial charge >= 0.3 is 0 Å². The Labute approximate surface area is 136 Å². The van der Waals surface area contributed by atoms with Crippen LogP contribution in [-0.2, 0) is 28.6 Å². The van der Waals surface area contributed by atoms with Gasteiger partial charge in [0.2, 0.25) is 0 Å². The number of hydrogen-bond donors (Lipinski definition) is 0. The zero-order valence-corrected chi connectivity index (χ0v) is 14.4. The van der Waals surface area contributed by atoms with Crippen molar-refractivity contribution in [1.82, 2.24) is 0 Å². The van der Waals surface area contributed by atoms with E-state index in [1.807, 2.05) is 42.5 Å². The van der Waals surface area contributed by atoms with Gasteiger partial charge in [-0.25, -0.2) is 0 Å². The smallest absolute Gasteiger partial charge is 0.264 e. The summed E-state index contributed by atoms with van der Waals surface area (Å²) in [5.41, 5.74) is 0.746. The van der Waals surface area contributed by atoms with E-state index in [-0.39, 0.29) is 13.2 Å². The number of benzene rings is 2. The first-order valence-corrected chi connectivity index (χ1v) is 10.4. The third kappa shape index (κ3) is 5.91. The van der Waals surface area contributed by atoms with E-state index in [9.17, 15) is 16.8 Å². The number of hydrogen-bond acceptors (Lipinski definition) is 6. The Bertz CT molecular complexity index is 851. The van der Waals surface area contributed by atoms with E-state index in [4.69, 9.17) is 8.37 Å². The zero-order chi connectivity index (χ0) is 17.1. The Kier molecular flexibility index (Phi) is 5.41. The van der Waals surface area contributed by atoms with Gasteiger partial charge in [0, 0.05) is 5.92 Å². The Hall–Kier alpha value is -1.48. The number of rotatable bonds is 7. The first-order chi connectivity index (χ1) is 10.6. The summed E-state index contributed by atoms with van der Waals surface area (Å²) in [5, 5.41) is 2.00. The SMILES string of the molecule is CS(=O)(=O)OCC(COS(C)(=O)=O)c1ccc2ccccc2c1. The van der Waals surface area contributed by atoms with Crippen molar-refractivity contribution in [2.24, 2.45) is 0 Å². The molecule has 0 saturated carbocycles. The molecule has 0 bridgehead atoms. The molecule has 8 heteroatoms. The summed E-state index contributed by atoms with van der Waals surface area (Å²) in [4.78, 5) is 0. The Balaban J connectivity index is 2.29. The van der Waals surface area contributed by atoms with Crippen LogP contribution in [0.15, 0.2) is 42.5 Å². The van der Waals surface area contributed by atoms with Crippen molar-refractivity contribution in [3.63, 3.8) is 0 Å². The van der Waals surface area contributed by atoms with Crippen LogP contribution >= 0.6 is 0 Å². The van der Waals surface area contributed by atoms with Crippen LogP contribution in [0.25, 0.3) is 10.8 Å². The molecule has 23 heavy (non-hydrogen) atoms. The molecule has 2 aromatic carbocycles. The molecule has 0 amide bonds. The summed E-state index contributed by atoms with van der Waals surface area (Å²) in [6.45, 7) is -0.376. The fourth-order valence-corrected chi connectivity index (χ4v) is 2.94. The van der Waals surface area contributed by atoms with E-state index in [0.29, 0.717) is 0 Å². The highest BCUT2D eigenvalue weighted by Crippen LogP contribution is 2.23. The van der Waals surface area contributed by atoms with Gasteiger partial charge in [-0.05, 0) is 16.3 Å². The maximum Gasteiger partial charge on any atom is 0.264 e. The van der Waals surface area contributed by atoms with E-state index in [1.165, 1.54) is 0 Å². The fourth-order valence-electron chi connectivity index (χ4n) is 2.11. The molecule has 2 rings (SSSR count). The topological polar surface area (TPSA) is 86.7 Å². The summed E-state index contributed by atoms with van der Waals surface area (Å²) in [7, 11) is -7.26. The van der Waals surface area contributed by atoms with Gasteiger partial charge in [0.1, 0.15) is 0 Å². The van der Waals surface area contributed by atoms with E-state index < -0.39 is 26.2 Å². The van der Waals surface area contributed by atoms with Crippen molar-refractivity contribution >= 4 is 31.0 Å². The monoisotopic (exact) mass is 358 g/mol. The molecule has 0 spiro atoms. The van der Waals surface area contributed by atoms with E-state index in [1.54, 1.807) is 0 Å². The van der Waals surface area contributed by atoms with Gasteiger partial charge in [-0.15, -0.1) is 0 Å². The van der Waals surface area contributed by atoms with Crippen LogP contribution in [0.5, 0.6) is 0 Å². The molecule has 0 aliphatic carbocycles. The third-order valence-corrected chi connectivity index (χ3v) is 4.34. The summed E-state index contributed by atoms with van der Waals surface area (Å²) < 4.78 is 54.4. The molecule has 2 aromatic rings. The second kappa shape index (κ2) is 6.96. The van der Waals surface area contributed by atoms with Crippen LogP contribution in [0.2, 0.25) is 0 Å². The summed E-state index contributed by atoms with van der Waals surface area (Å²) in [5.74, 6) is -0.524. The van der Waals surface area contributed by atoms with Crippen molar-refractivity contribution in [3.8, 4) is 0 Å². The average molecular weight is 358 g/mol. The maximum absolute atomic E-state index is 11.2. The predicted molar refractivity (Wildman–Crippen MR) is 88.3 cm³/mol. The average Bonchev–Trinajstić information content (AvgIpc) is 2.44. The molecule has 0 heterocycles. The highest BCUT2D eigenvalue weighted by molar-refractivity contribution is 7.86. The molecule has 0 N–H and O–H groups in total. The normalized spacial score (nSPS) is 12.8. The van der Waals surface area contributed by atoms with E-state index in [0.717, 1.165) is 28.8 Å². The number of fused-ring (bicyclic) bond motifs is 1. The van der Waals surface area contributed by atoms with Crippen molar-refractivity contribution in [1.29, 1.82) is 0 Å². The lowest BCUT2D eigenvalue weighted by Crippen LogP contribution is -2.19. The van der Waals surface area contributed by atoms with Crippen LogP contribution in [0.4, 0.5) is 0 Å². The standard InChI is InChI=1S/C15H18O6S2/c1-22(16,17)20-10-15(11-21-23(2,18)19)14-8-7-12-5-3-4-6-13(12)9-14/h3-9,15H,10-11H2,1-2H3. The molecule has 0 atom stereocenters. The minimum Gasteiger partial charge on any atom is -0.270 e. The van der Waals surface area contributed by atoms with Gasteiger partial charge < -0.3 is 0 Å². The van der Waals surface area contributed by atoms with Crippen molar-refractivity contribution in [2.75, 3.05) is 25.7 Å². The molecule has 0 aliphatic rings. The first-order valence-electron chi connectivity index (χ1n) is 6.81. The van der Waals surface area contributed by atoms with Gasteiger partial charge in [0.15, 0.2) is 0 Å². The minimum atomic E-state index is -3.63. The van der Waals surface area contributed by atoms with Crippen molar-refractivity contribution < 1.29 is 25.2 Å². The third-order valence-electron chi connectivity index (χ3n) is 3.21. The summed E-state index contributed by atoms with van der Waals surface area (Å²) in [6, 6.07) is 13.2. The van der Waals surface area contributed by atoms with Crippen molar-refractivity contribution in [3.05, 3.63) is 48.0 Å². The highest BCUT2D eigenvalue weighted by atomic mass is 32.2. The van der Waals surface area contributed by atoms with Crippen molar-refractivity contribution in [2.45, 2.75) is 5.92 Å². The molecule has 0 fully saturated rings. The van der Waals surface area contributed by atoms with Gasteiger partial charge in [-0.3, -0.25) is 8.37 Å². The molecule has 0 saturated heterocycles. The minimum absolute atomic E-state index is 0.188. The molecule has 0 radical (unpaired) electrons. The lowest BCUT2D eigenvalue weighted by molar-refractivity contribution is 0.229. The quantitative estimate of drug-likeness (QED) is 0.702. The molecule has 0 aromatic heterocycles. The second-order valence-electron chi connectivity index (χ2n) is 5.28. The predicted octanol–water partition coefficient (Wildman–Crippen LogP) is 1.88. The molecular formula is C15H18O6S2. The highest BCUT2D eigenvalue weighted by Gasteiger charge is 2.18. The van der Waals surface area contributed by atoms with Gasteiger partial charge in [0.05, 0.1) is 25.7 Å². The Morgan fingerprint density at radius 1 is 0.826 bits per heavy atom. The van der Waals surface area contributed by atoms with Crippen LogP contribution in [0.3, 0.4) is 0 Å². The fraction of sp³-hybridized carbons (Fsp3) is 0.333. The molecule has 126 valence electrons. The van der Waals surface area contributed by atoms with Crippen LogP contribution in [0.1, 0.15) is 11.5 Å². The van der Waals surface area contributed by atoms with Crippen LogP contribution < -0.4 is 0 Å². The largest absolute Gasteiger partial charge is 0.270 e. The maximum atomic E-state index is 11.2. The molecular weight excluding hydrogens is 340 g/mol. The van der Waals surface area contributed by atoms with Crippen LogP contribution in [-0.4, -0.2) is 42.6 Å². The molecule has 6 nitrogen and oxygen atoms in total. The lowest BCUT2D eigenvalue weighted by Gasteiger charge is -2.17. The molecule has 0 aliphatic heterocycles. The van der Waals surface area contributed by atoms with Crippen LogP contribution in [0, 0.1) is 0 Å².